The quantitative estimate of drug-likeness (QED) is 0.471. The highest BCUT2D eigenvalue weighted by Crippen LogP contribution is 2.17. The number of nitrogens with zero attached hydrogens (tertiary/aromatic N) is 1. The van der Waals surface area contributed by atoms with Gasteiger partial charge in [0.05, 0.1) is 12.7 Å². The first-order valence-corrected chi connectivity index (χ1v) is 6.53. The standard InChI is InChI=1S/C12H23N3O4/c1-7-4-3-5-15(7)12(19)9(6-16)14-11(18)10(13)8(2)17/h7-10,16-17H,3-6,13H2,1-2H3,(H,14,18)/t7-,8?,9+,10+/m1/s1. The number of likely N-dealkylation sites (tertiary alicyclic amines) is 1. The van der Waals surface area contributed by atoms with Crippen molar-refractivity contribution in [1.82, 2.24) is 10.2 Å². The highest BCUT2D eigenvalue weighted by Gasteiger charge is 2.32. The second-order valence-electron chi connectivity index (χ2n) is 5.03. The molecular formula is C12H23N3O4. The van der Waals surface area contributed by atoms with E-state index in [1.54, 1.807) is 4.90 Å². The van der Waals surface area contributed by atoms with Crippen LogP contribution in [0.25, 0.3) is 0 Å². The molecule has 1 fully saturated rings. The van der Waals surface area contributed by atoms with Gasteiger partial charge >= 0.3 is 0 Å². The van der Waals surface area contributed by atoms with Crippen LogP contribution in [0.4, 0.5) is 0 Å². The fraction of sp³-hybridized carbons (Fsp3) is 0.833. The molecule has 1 saturated heterocycles. The third kappa shape index (κ3) is 3.89. The van der Waals surface area contributed by atoms with E-state index in [1.807, 2.05) is 6.92 Å². The number of aliphatic hydroxyl groups is 2. The normalized spacial score (nSPS) is 23.8. The Morgan fingerprint density at radius 1 is 1.53 bits per heavy atom. The Bertz CT molecular complexity index is 335. The number of nitrogens with one attached hydrogen (secondary N) is 1. The van der Waals surface area contributed by atoms with Crippen LogP contribution in [-0.4, -0.2) is 64.3 Å². The Morgan fingerprint density at radius 2 is 2.16 bits per heavy atom. The fourth-order valence-corrected chi connectivity index (χ4v) is 2.13. The maximum atomic E-state index is 12.2. The number of amides is 2. The van der Waals surface area contributed by atoms with E-state index >= 15 is 0 Å². The molecule has 0 saturated carbocycles. The van der Waals surface area contributed by atoms with Crippen molar-refractivity contribution in [2.24, 2.45) is 5.73 Å². The fourth-order valence-electron chi connectivity index (χ4n) is 2.13. The zero-order valence-electron chi connectivity index (χ0n) is 11.4. The van der Waals surface area contributed by atoms with Gasteiger partial charge in [0.2, 0.25) is 11.8 Å². The highest BCUT2D eigenvalue weighted by molar-refractivity contribution is 5.90. The summed E-state index contributed by atoms with van der Waals surface area (Å²) < 4.78 is 0. The average Bonchev–Trinajstić information content (AvgIpc) is 2.79. The predicted octanol–water partition coefficient (Wildman–Crippen LogP) is -1.82. The zero-order valence-corrected chi connectivity index (χ0v) is 11.4. The lowest BCUT2D eigenvalue weighted by Gasteiger charge is -2.27. The zero-order chi connectivity index (χ0) is 14.6. The maximum absolute atomic E-state index is 12.2. The Labute approximate surface area is 112 Å². The molecule has 1 heterocycles. The van der Waals surface area contributed by atoms with Gasteiger partial charge in [-0.3, -0.25) is 9.59 Å². The van der Waals surface area contributed by atoms with Gasteiger partial charge in [0.25, 0.3) is 0 Å². The first kappa shape index (κ1) is 15.9. The van der Waals surface area contributed by atoms with Crippen molar-refractivity contribution in [3.05, 3.63) is 0 Å². The predicted molar refractivity (Wildman–Crippen MR) is 69.1 cm³/mol. The van der Waals surface area contributed by atoms with Gasteiger partial charge in [-0.25, -0.2) is 0 Å². The van der Waals surface area contributed by atoms with Crippen LogP contribution in [0.3, 0.4) is 0 Å². The Morgan fingerprint density at radius 3 is 2.58 bits per heavy atom. The Balaban J connectivity index is 2.62. The van der Waals surface area contributed by atoms with Gasteiger partial charge < -0.3 is 26.2 Å². The SMILES string of the molecule is CC(O)[C@H](N)C(=O)N[C@@H](CO)C(=O)N1CCC[C@H]1C. The molecule has 5 N–H and O–H groups in total. The molecule has 0 spiro atoms. The first-order valence-electron chi connectivity index (χ1n) is 6.53. The van der Waals surface area contributed by atoms with Crippen molar-refractivity contribution in [3.63, 3.8) is 0 Å². The van der Waals surface area contributed by atoms with E-state index in [-0.39, 0.29) is 11.9 Å². The minimum Gasteiger partial charge on any atom is -0.394 e. The minimum atomic E-state index is -1.11. The second-order valence-corrected chi connectivity index (χ2v) is 5.03. The van der Waals surface area contributed by atoms with Crippen molar-refractivity contribution in [1.29, 1.82) is 0 Å². The average molecular weight is 273 g/mol. The number of carbonyl (C=O) groups excluding carboxylic acids is 2. The van der Waals surface area contributed by atoms with Crippen LogP contribution < -0.4 is 11.1 Å². The summed E-state index contributed by atoms with van der Waals surface area (Å²) in [5.74, 6) is -0.951. The van der Waals surface area contributed by atoms with E-state index in [0.717, 1.165) is 12.8 Å². The molecule has 0 aliphatic carbocycles. The summed E-state index contributed by atoms with van der Waals surface area (Å²) >= 11 is 0. The van der Waals surface area contributed by atoms with E-state index < -0.39 is 30.7 Å². The van der Waals surface area contributed by atoms with Crippen molar-refractivity contribution in [3.8, 4) is 0 Å². The molecular weight excluding hydrogens is 250 g/mol. The topological polar surface area (TPSA) is 116 Å². The van der Waals surface area contributed by atoms with Gasteiger partial charge in [0.1, 0.15) is 12.1 Å². The lowest BCUT2D eigenvalue weighted by molar-refractivity contribution is -0.138. The molecule has 2 amide bonds. The molecule has 0 bridgehead atoms. The van der Waals surface area contributed by atoms with Crippen molar-refractivity contribution in [2.45, 2.75) is 50.9 Å². The number of carbonyl (C=O) groups is 2. The molecule has 1 aliphatic heterocycles. The maximum Gasteiger partial charge on any atom is 0.247 e. The van der Waals surface area contributed by atoms with Crippen LogP contribution >= 0.6 is 0 Å². The largest absolute Gasteiger partial charge is 0.394 e. The third-order valence-corrected chi connectivity index (χ3v) is 3.46. The van der Waals surface area contributed by atoms with Crippen LogP contribution in [0.2, 0.25) is 0 Å². The van der Waals surface area contributed by atoms with Crippen LogP contribution in [-0.2, 0) is 9.59 Å². The molecule has 0 aromatic carbocycles. The summed E-state index contributed by atoms with van der Waals surface area (Å²) in [5, 5.41) is 20.9. The summed E-state index contributed by atoms with van der Waals surface area (Å²) in [7, 11) is 0. The van der Waals surface area contributed by atoms with Gasteiger partial charge in [0.15, 0.2) is 0 Å². The van der Waals surface area contributed by atoms with E-state index in [1.165, 1.54) is 6.92 Å². The van der Waals surface area contributed by atoms with Gasteiger partial charge in [0, 0.05) is 12.6 Å². The number of nitrogens with two attached hydrogens (primary N) is 1. The smallest absolute Gasteiger partial charge is 0.247 e. The summed E-state index contributed by atoms with van der Waals surface area (Å²) in [4.78, 5) is 25.5. The molecule has 7 nitrogen and oxygen atoms in total. The monoisotopic (exact) mass is 273 g/mol. The van der Waals surface area contributed by atoms with E-state index in [2.05, 4.69) is 5.32 Å². The number of hydrogen-bond acceptors (Lipinski definition) is 5. The molecule has 7 heteroatoms. The molecule has 1 unspecified atom stereocenters. The van der Waals surface area contributed by atoms with E-state index in [4.69, 9.17) is 5.73 Å². The molecule has 1 rings (SSSR count). The Hall–Kier alpha value is -1.18. The third-order valence-electron chi connectivity index (χ3n) is 3.46. The number of hydrogen-bond donors (Lipinski definition) is 4. The van der Waals surface area contributed by atoms with Crippen LogP contribution in [0.1, 0.15) is 26.7 Å². The van der Waals surface area contributed by atoms with Crippen LogP contribution in [0.5, 0.6) is 0 Å². The lowest BCUT2D eigenvalue weighted by atomic mass is 10.1. The Kier molecular flexibility index (Phi) is 5.71. The second kappa shape index (κ2) is 6.83. The summed E-state index contributed by atoms with van der Waals surface area (Å²) in [6.45, 7) is 3.47. The van der Waals surface area contributed by atoms with Gasteiger partial charge in [-0.1, -0.05) is 0 Å². The van der Waals surface area contributed by atoms with E-state index in [9.17, 15) is 19.8 Å². The van der Waals surface area contributed by atoms with Crippen molar-refractivity contribution < 1.29 is 19.8 Å². The molecule has 0 aromatic rings. The summed E-state index contributed by atoms with van der Waals surface area (Å²) in [6, 6.07) is -2.00. The van der Waals surface area contributed by atoms with Crippen LogP contribution in [0, 0.1) is 0 Å². The molecule has 19 heavy (non-hydrogen) atoms. The van der Waals surface area contributed by atoms with Gasteiger partial charge in [-0.05, 0) is 26.7 Å². The molecule has 4 atom stereocenters. The lowest BCUT2D eigenvalue weighted by Crippen LogP contribution is -2.56. The van der Waals surface area contributed by atoms with Gasteiger partial charge in [-0.15, -0.1) is 0 Å². The van der Waals surface area contributed by atoms with Crippen molar-refractivity contribution >= 4 is 11.8 Å². The molecule has 1 aliphatic rings. The molecule has 0 radical (unpaired) electrons. The first-order chi connectivity index (χ1) is 8.88. The summed E-state index contributed by atoms with van der Waals surface area (Å²) in [6.07, 6.45) is 0.831. The highest BCUT2D eigenvalue weighted by atomic mass is 16.3. The van der Waals surface area contributed by atoms with Gasteiger partial charge in [-0.2, -0.15) is 0 Å². The molecule has 0 aromatic heterocycles. The van der Waals surface area contributed by atoms with Crippen LogP contribution in [0.15, 0.2) is 0 Å². The number of aliphatic hydroxyl groups excluding tert-OH is 2. The molecule has 110 valence electrons. The van der Waals surface area contributed by atoms with E-state index in [0.29, 0.717) is 6.54 Å². The minimum absolute atomic E-state index is 0.115. The number of rotatable bonds is 5. The van der Waals surface area contributed by atoms with Crippen molar-refractivity contribution in [2.75, 3.05) is 13.2 Å². The summed E-state index contributed by atoms with van der Waals surface area (Å²) in [5.41, 5.74) is 5.48.